The van der Waals surface area contributed by atoms with Crippen LogP contribution >= 0.6 is 0 Å². The highest BCUT2D eigenvalue weighted by Gasteiger charge is 2.49. The number of hydrogen-bond donors (Lipinski definition) is 1. The van der Waals surface area contributed by atoms with E-state index in [0.717, 1.165) is 37.6 Å². The maximum atomic E-state index is 12.9. The first-order chi connectivity index (χ1) is 14.6. The first kappa shape index (κ1) is 19.3. The second-order valence-electron chi connectivity index (χ2n) is 8.92. The Balaban J connectivity index is 1.30. The van der Waals surface area contributed by atoms with Crippen molar-refractivity contribution in [2.24, 2.45) is 11.8 Å². The van der Waals surface area contributed by atoms with Crippen molar-refractivity contribution in [2.75, 3.05) is 26.2 Å². The number of nitrogens with zero attached hydrogens (tertiary/aromatic N) is 3. The van der Waals surface area contributed by atoms with E-state index in [1.54, 1.807) is 0 Å². The van der Waals surface area contributed by atoms with Gasteiger partial charge >= 0.3 is 0 Å². The number of likely N-dealkylation sites (tertiary alicyclic amines) is 2. The summed E-state index contributed by atoms with van der Waals surface area (Å²) in [5.74, 6) is 2.22. The van der Waals surface area contributed by atoms with Crippen LogP contribution in [0, 0.1) is 11.8 Å². The second kappa shape index (κ2) is 7.87. The van der Waals surface area contributed by atoms with Crippen LogP contribution in [0.5, 0.6) is 0 Å². The third kappa shape index (κ3) is 3.86. The van der Waals surface area contributed by atoms with Gasteiger partial charge in [0.25, 0.3) is 0 Å². The summed E-state index contributed by atoms with van der Waals surface area (Å²) >= 11 is 0. The predicted molar refractivity (Wildman–Crippen MR) is 110 cm³/mol. The lowest BCUT2D eigenvalue weighted by atomic mass is 9.89. The van der Waals surface area contributed by atoms with Crippen LogP contribution in [0.2, 0.25) is 0 Å². The van der Waals surface area contributed by atoms with E-state index in [-0.39, 0.29) is 24.4 Å². The number of benzene rings is 1. The molecule has 1 saturated carbocycles. The molecule has 2 aromatic rings. The third-order valence-corrected chi connectivity index (χ3v) is 6.63. The minimum absolute atomic E-state index is 0.00872. The number of amides is 2. The van der Waals surface area contributed by atoms with E-state index >= 15 is 0 Å². The summed E-state index contributed by atoms with van der Waals surface area (Å²) in [6, 6.07) is 12.4. The van der Waals surface area contributed by atoms with Gasteiger partial charge in [-0.15, -0.1) is 0 Å². The third-order valence-electron chi connectivity index (χ3n) is 6.63. The molecule has 3 fully saturated rings. The summed E-state index contributed by atoms with van der Waals surface area (Å²) in [5.41, 5.74) is 2.17. The molecule has 158 valence electrons. The summed E-state index contributed by atoms with van der Waals surface area (Å²) < 4.78 is 5.51. The zero-order valence-corrected chi connectivity index (χ0v) is 17.3. The van der Waals surface area contributed by atoms with Gasteiger partial charge < -0.3 is 14.7 Å². The molecule has 0 spiro atoms. The summed E-state index contributed by atoms with van der Waals surface area (Å²) in [6.07, 6.45) is 2.42. The molecular formula is C23H28N4O3. The van der Waals surface area contributed by atoms with Crippen LogP contribution in [0.3, 0.4) is 0 Å². The van der Waals surface area contributed by atoms with Gasteiger partial charge in [-0.1, -0.05) is 35.5 Å². The Morgan fingerprint density at radius 3 is 2.70 bits per heavy atom. The lowest BCUT2D eigenvalue weighted by Crippen LogP contribution is -2.41. The van der Waals surface area contributed by atoms with E-state index < -0.39 is 0 Å². The molecule has 5 rings (SSSR count). The lowest BCUT2D eigenvalue weighted by molar-refractivity contribution is -0.133. The van der Waals surface area contributed by atoms with Gasteiger partial charge in [-0.05, 0) is 24.3 Å². The molecule has 1 aromatic heterocycles. The van der Waals surface area contributed by atoms with Crippen LogP contribution in [0.1, 0.15) is 48.7 Å². The quantitative estimate of drug-likeness (QED) is 0.794. The Kier molecular flexibility index (Phi) is 5.06. The van der Waals surface area contributed by atoms with Gasteiger partial charge in [0.1, 0.15) is 5.76 Å². The van der Waals surface area contributed by atoms with E-state index in [9.17, 15) is 9.59 Å². The summed E-state index contributed by atoms with van der Waals surface area (Å²) in [7, 11) is 0. The maximum Gasteiger partial charge on any atom is 0.242 e. The molecule has 0 bridgehead atoms. The standard InChI is InChI=1S/C23H28N4O3/c1-15(28)24-10-22(29)27-12-18-11-26(13-19-9-21(30-25-19)16-7-8-16)14-20(18)23(27)17-5-3-2-4-6-17/h2-6,9,16,18,20,23H,7-8,10-14H2,1H3,(H,24,28)/t18-,20-,23+/m0/s1. The molecule has 3 heterocycles. The number of rotatable bonds is 6. The second-order valence-corrected chi connectivity index (χ2v) is 8.92. The molecule has 2 amide bonds. The van der Waals surface area contributed by atoms with E-state index in [4.69, 9.17) is 4.52 Å². The van der Waals surface area contributed by atoms with Crippen LogP contribution in [0.15, 0.2) is 40.9 Å². The van der Waals surface area contributed by atoms with E-state index in [1.807, 2.05) is 23.1 Å². The fourth-order valence-electron chi connectivity index (χ4n) is 5.09. The van der Waals surface area contributed by atoms with Crippen molar-refractivity contribution in [3.63, 3.8) is 0 Å². The Bertz CT molecular complexity index is 924. The number of aromatic nitrogens is 1. The monoisotopic (exact) mass is 408 g/mol. The molecule has 2 aliphatic heterocycles. The summed E-state index contributed by atoms with van der Waals surface area (Å²) in [6.45, 7) is 4.90. The normalized spacial score (nSPS) is 26.0. The Labute approximate surface area is 176 Å². The van der Waals surface area contributed by atoms with Gasteiger partial charge in [0.15, 0.2) is 0 Å². The zero-order chi connectivity index (χ0) is 20.7. The zero-order valence-electron chi connectivity index (χ0n) is 17.3. The molecule has 1 aromatic carbocycles. The molecule has 0 unspecified atom stereocenters. The van der Waals surface area contributed by atoms with Crippen LogP contribution in [-0.4, -0.2) is 52.9 Å². The van der Waals surface area contributed by atoms with Gasteiger partial charge in [0.05, 0.1) is 18.3 Å². The number of nitrogens with one attached hydrogen (secondary N) is 1. The molecule has 3 atom stereocenters. The van der Waals surface area contributed by atoms with Crippen molar-refractivity contribution in [1.82, 2.24) is 20.3 Å². The molecule has 2 saturated heterocycles. The van der Waals surface area contributed by atoms with Crippen molar-refractivity contribution < 1.29 is 14.1 Å². The van der Waals surface area contributed by atoms with E-state index in [0.29, 0.717) is 17.8 Å². The Hall–Kier alpha value is -2.67. The van der Waals surface area contributed by atoms with Crippen molar-refractivity contribution in [1.29, 1.82) is 0 Å². The van der Waals surface area contributed by atoms with Crippen LogP contribution < -0.4 is 5.32 Å². The fraction of sp³-hybridized carbons (Fsp3) is 0.522. The fourth-order valence-corrected chi connectivity index (χ4v) is 5.09. The van der Waals surface area contributed by atoms with Gasteiger partial charge in [0, 0.05) is 51.0 Å². The number of carbonyl (C=O) groups excluding carboxylic acids is 2. The highest BCUT2D eigenvalue weighted by atomic mass is 16.5. The Morgan fingerprint density at radius 1 is 1.17 bits per heavy atom. The highest BCUT2D eigenvalue weighted by molar-refractivity contribution is 5.84. The van der Waals surface area contributed by atoms with Crippen molar-refractivity contribution >= 4 is 11.8 Å². The SMILES string of the molecule is CC(=O)NCC(=O)N1C[C@@H]2CN(Cc3cc(C4CC4)on3)C[C@@H]2[C@H]1c1ccccc1. The number of fused-ring (bicyclic) bond motifs is 1. The van der Waals surface area contributed by atoms with Crippen LogP contribution in [0.4, 0.5) is 0 Å². The molecule has 3 aliphatic rings. The molecule has 30 heavy (non-hydrogen) atoms. The van der Waals surface area contributed by atoms with Crippen molar-refractivity contribution in [3.8, 4) is 0 Å². The Morgan fingerprint density at radius 2 is 1.97 bits per heavy atom. The largest absolute Gasteiger partial charge is 0.361 e. The first-order valence-electron chi connectivity index (χ1n) is 10.8. The number of carbonyl (C=O) groups is 2. The van der Waals surface area contributed by atoms with Crippen molar-refractivity contribution in [2.45, 2.75) is 38.3 Å². The summed E-state index contributed by atoms with van der Waals surface area (Å²) in [5, 5.41) is 6.93. The van der Waals surface area contributed by atoms with Crippen molar-refractivity contribution in [3.05, 3.63) is 53.4 Å². The predicted octanol–water partition coefficient (Wildman–Crippen LogP) is 2.32. The minimum atomic E-state index is -0.177. The van der Waals surface area contributed by atoms with Gasteiger partial charge in [-0.2, -0.15) is 0 Å². The summed E-state index contributed by atoms with van der Waals surface area (Å²) in [4.78, 5) is 28.6. The molecule has 7 heteroatoms. The van der Waals surface area contributed by atoms with Gasteiger partial charge in [-0.3, -0.25) is 14.5 Å². The smallest absolute Gasteiger partial charge is 0.242 e. The number of hydrogen-bond acceptors (Lipinski definition) is 5. The van der Waals surface area contributed by atoms with E-state index in [2.05, 4.69) is 33.6 Å². The maximum absolute atomic E-state index is 12.9. The van der Waals surface area contributed by atoms with Gasteiger partial charge in [0.2, 0.25) is 11.8 Å². The van der Waals surface area contributed by atoms with Crippen LogP contribution in [0.25, 0.3) is 0 Å². The molecule has 7 nitrogen and oxygen atoms in total. The van der Waals surface area contributed by atoms with Gasteiger partial charge in [-0.25, -0.2) is 0 Å². The minimum Gasteiger partial charge on any atom is -0.361 e. The lowest BCUT2D eigenvalue weighted by Gasteiger charge is -2.30. The van der Waals surface area contributed by atoms with E-state index in [1.165, 1.54) is 25.3 Å². The average molecular weight is 409 g/mol. The average Bonchev–Trinajstić information content (AvgIpc) is 3.20. The highest BCUT2D eigenvalue weighted by Crippen LogP contribution is 2.45. The topological polar surface area (TPSA) is 78.7 Å². The van der Waals surface area contributed by atoms with Crippen LogP contribution in [-0.2, 0) is 16.1 Å². The molecular weight excluding hydrogens is 380 g/mol. The molecule has 0 radical (unpaired) electrons. The molecule has 1 aliphatic carbocycles. The molecule has 1 N–H and O–H groups in total. The first-order valence-corrected chi connectivity index (χ1v) is 10.8.